The van der Waals surface area contributed by atoms with Crippen LogP contribution in [-0.2, 0) is 0 Å². The third-order valence-corrected chi connectivity index (χ3v) is 5.41. The molecule has 0 amide bonds. The molecule has 0 aromatic carbocycles. The van der Waals surface area contributed by atoms with Gasteiger partial charge in [-0.1, -0.05) is 13.8 Å². The van der Waals surface area contributed by atoms with Crippen LogP contribution in [0, 0.1) is 11.8 Å². The second-order valence-corrected chi connectivity index (χ2v) is 7.45. The van der Waals surface area contributed by atoms with Gasteiger partial charge in [-0.3, -0.25) is 0 Å². The van der Waals surface area contributed by atoms with Crippen molar-refractivity contribution >= 4 is 11.9 Å². The number of hydrogen-bond acceptors (Lipinski definition) is 5. The molecule has 1 aromatic rings. The lowest BCUT2D eigenvalue weighted by Gasteiger charge is -2.57. The Morgan fingerprint density at radius 2 is 2.09 bits per heavy atom. The maximum atomic E-state index is 11.3. The van der Waals surface area contributed by atoms with Crippen LogP contribution in [0.1, 0.15) is 61.5 Å². The van der Waals surface area contributed by atoms with Gasteiger partial charge in [0.2, 0.25) is 5.95 Å². The molecule has 2 atom stereocenters. The number of nitrogens with one attached hydrogen (secondary N) is 1. The Bertz CT molecular complexity index is 712. The highest BCUT2D eigenvalue weighted by Gasteiger charge is 2.55. The molecule has 5 aliphatic rings. The Hall–Kier alpha value is -1.95. The van der Waals surface area contributed by atoms with E-state index < -0.39 is 11.6 Å². The number of allylic oxidation sites excluding steroid dienone is 1. The van der Waals surface area contributed by atoms with E-state index in [9.17, 15) is 15.0 Å². The molecule has 3 saturated carbocycles. The number of anilines is 1. The molecule has 3 N–H and O–H groups in total. The third kappa shape index (κ3) is 2.24. The summed E-state index contributed by atoms with van der Waals surface area (Å²) >= 11 is 0. The smallest absolute Gasteiger partial charge is 0.339 e. The minimum Gasteiger partial charge on any atom is -0.478 e. The Kier molecular flexibility index (Phi) is 3.04. The quantitative estimate of drug-likeness (QED) is 0.790. The fraction of sp³-hybridized carbons (Fsp3) is 0.588. The van der Waals surface area contributed by atoms with Gasteiger partial charge in [0.25, 0.3) is 0 Å². The summed E-state index contributed by atoms with van der Waals surface area (Å²) in [7, 11) is 0. The number of rotatable bonds is 4. The van der Waals surface area contributed by atoms with Crippen LogP contribution >= 0.6 is 0 Å². The molecule has 0 spiro atoms. The SMILES string of the molecule is CC(C)c1nc(NC2=C3C4CC3CC(O)(C2)C4)ncc1C(=O)O. The highest BCUT2D eigenvalue weighted by Crippen LogP contribution is 2.60. The summed E-state index contributed by atoms with van der Waals surface area (Å²) in [5.74, 6) is 0.421. The van der Waals surface area contributed by atoms with Gasteiger partial charge in [0.1, 0.15) is 0 Å². The predicted molar refractivity (Wildman–Crippen MR) is 84.1 cm³/mol. The van der Waals surface area contributed by atoms with E-state index >= 15 is 0 Å². The standard InChI is InChI=1S/C17H21N3O3/c1-8(2)14-11(15(21)22)7-18-16(20-14)19-12-6-17(23)4-9-3-10(5-17)13(9)12/h7-10,23H,3-6H2,1-2H3,(H,21,22)(H,18,19,20). The number of aromatic carboxylic acids is 1. The molecular weight excluding hydrogens is 294 g/mol. The number of fused-ring (bicyclic) bond motifs is 1. The number of nitrogens with zero attached hydrogens (tertiary/aromatic N) is 2. The van der Waals surface area contributed by atoms with Crippen LogP contribution in [0.5, 0.6) is 0 Å². The topological polar surface area (TPSA) is 95.3 Å². The average molecular weight is 315 g/mol. The molecule has 122 valence electrons. The zero-order valence-corrected chi connectivity index (χ0v) is 13.3. The lowest BCUT2D eigenvalue weighted by Crippen LogP contribution is -2.53. The fourth-order valence-electron chi connectivity index (χ4n) is 4.54. The first-order chi connectivity index (χ1) is 10.9. The van der Waals surface area contributed by atoms with Gasteiger partial charge in [0.15, 0.2) is 0 Å². The molecule has 1 aromatic heterocycles. The summed E-state index contributed by atoms with van der Waals surface area (Å²) in [6.07, 6.45) is 4.92. The van der Waals surface area contributed by atoms with E-state index in [2.05, 4.69) is 15.3 Å². The highest BCUT2D eigenvalue weighted by atomic mass is 16.4. The van der Waals surface area contributed by atoms with Crippen molar-refractivity contribution < 1.29 is 15.0 Å². The van der Waals surface area contributed by atoms with Gasteiger partial charge >= 0.3 is 5.97 Å². The molecule has 0 aliphatic heterocycles. The summed E-state index contributed by atoms with van der Waals surface area (Å²) < 4.78 is 0. The molecule has 1 heterocycles. The number of carboxylic acid groups (broad SMARTS) is 1. The van der Waals surface area contributed by atoms with E-state index in [1.165, 1.54) is 18.2 Å². The van der Waals surface area contributed by atoms with Crippen LogP contribution < -0.4 is 5.32 Å². The second kappa shape index (κ2) is 4.77. The van der Waals surface area contributed by atoms with Crippen molar-refractivity contribution in [1.82, 2.24) is 9.97 Å². The first-order valence-corrected chi connectivity index (χ1v) is 8.19. The molecular formula is C17H21N3O3. The third-order valence-electron chi connectivity index (χ3n) is 5.41. The first-order valence-electron chi connectivity index (χ1n) is 8.19. The molecule has 0 saturated heterocycles. The summed E-state index contributed by atoms with van der Waals surface area (Å²) in [6, 6.07) is 0. The molecule has 4 bridgehead atoms. The molecule has 2 unspecified atom stereocenters. The zero-order valence-electron chi connectivity index (χ0n) is 13.3. The average Bonchev–Trinajstić information content (AvgIpc) is 2.45. The van der Waals surface area contributed by atoms with Crippen molar-refractivity contribution in [2.45, 2.75) is 51.0 Å². The van der Waals surface area contributed by atoms with Gasteiger partial charge in [-0.25, -0.2) is 14.8 Å². The van der Waals surface area contributed by atoms with Gasteiger partial charge in [0.05, 0.1) is 16.9 Å². The molecule has 5 aliphatic carbocycles. The molecule has 6 rings (SSSR count). The first kappa shape index (κ1) is 14.6. The van der Waals surface area contributed by atoms with Crippen molar-refractivity contribution in [3.05, 3.63) is 28.7 Å². The van der Waals surface area contributed by atoms with E-state index in [-0.39, 0.29) is 11.5 Å². The summed E-state index contributed by atoms with van der Waals surface area (Å²) in [5.41, 5.74) is 2.57. The normalized spacial score (nSPS) is 31.3. The Morgan fingerprint density at radius 1 is 1.39 bits per heavy atom. The fourth-order valence-corrected chi connectivity index (χ4v) is 4.54. The molecule has 6 nitrogen and oxygen atoms in total. The van der Waals surface area contributed by atoms with Crippen molar-refractivity contribution in [2.24, 2.45) is 11.8 Å². The van der Waals surface area contributed by atoms with Crippen LogP contribution in [0.3, 0.4) is 0 Å². The van der Waals surface area contributed by atoms with E-state index in [0.717, 1.165) is 18.5 Å². The zero-order chi connectivity index (χ0) is 16.4. The van der Waals surface area contributed by atoms with E-state index in [4.69, 9.17) is 0 Å². The largest absolute Gasteiger partial charge is 0.478 e. The van der Waals surface area contributed by atoms with Gasteiger partial charge in [-0.05, 0) is 42.6 Å². The Balaban J connectivity index is 1.65. The van der Waals surface area contributed by atoms with E-state index in [1.54, 1.807) is 0 Å². The van der Waals surface area contributed by atoms with E-state index in [1.807, 2.05) is 13.8 Å². The van der Waals surface area contributed by atoms with E-state index in [0.29, 0.717) is 29.9 Å². The van der Waals surface area contributed by atoms with Crippen LogP contribution in [-0.4, -0.2) is 31.8 Å². The monoisotopic (exact) mass is 315 g/mol. The van der Waals surface area contributed by atoms with Crippen molar-refractivity contribution in [2.75, 3.05) is 5.32 Å². The van der Waals surface area contributed by atoms with Gasteiger partial charge in [0, 0.05) is 18.3 Å². The summed E-state index contributed by atoms with van der Waals surface area (Å²) in [4.78, 5) is 19.9. The maximum absolute atomic E-state index is 11.3. The molecule has 3 fully saturated rings. The highest BCUT2D eigenvalue weighted by molar-refractivity contribution is 5.88. The van der Waals surface area contributed by atoms with Gasteiger partial charge in [-0.2, -0.15) is 0 Å². The summed E-state index contributed by atoms with van der Waals surface area (Å²) in [5, 5.41) is 23.1. The maximum Gasteiger partial charge on any atom is 0.339 e. The Morgan fingerprint density at radius 3 is 2.65 bits per heavy atom. The lowest BCUT2D eigenvalue weighted by molar-refractivity contribution is -0.0693. The number of aliphatic hydroxyl groups is 1. The van der Waals surface area contributed by atoms with Crippen LogP contribution in [0.15, 0.2) is 17.5 Å². The number of carboxylic acids is 1. The molecule has 0 radical (unpaired) electrons. The molecule has 23 heavy (non-hydrogen) atoms. The number of hydrogen-bond donors (Lipinski definition) is 3. The Labute approximate surface area is 134 Å². The predicted octanol–water partition coefficient (Wildman–Crippen LogP) is 2.53. The van der Waals surface area contributed by atoms with Gasteiger partial charge in [-0.15, -0.1) is 0 Å². The second-order valence-electron chi connectivity index (χ2n) is 7.45. The van der Waals surface area contributed by atoms with Crippen LogP contribution in [0.4, 0.5) is 5.95 Å². The van der Waals surface area contributed by atoms with Crippen molar-refractivity contribution in [3.8, 4) is 0 Å². The van der Waals surface area contributed by atoms with Crippen molar-refractivity contribution in [3.63, 3.8) is 0 Å². The number of carbonyl (C=O) groups is 1. The minimum atomic E-state index is -1.01. The minimum absolute atomic E-state index is 0.00250. The molecule has 6 heteroatoms. The lowest BCUT2D eigenvalue weighted by atomic mass is 9.51. The van der Waals surface area contributed by atoms with Crippen molar-refractivity contribution in [1.29, 1.82) is 0 Å². The summed E-state index contributed by atoms with van der Waals surface area (Å²) in [6.45, 7) is 3.84. The number of aromatic nitrogens is 2. The van der Waals surface area contributed by atoms with Crippen LogP contribution in [0.2, 0.25) is 0 Å². The van der Waals surface area contributed by atoms with Gasteiger partial charge < -0.3 is 15.5 Å². The van der Waals surface area contributed by atoms with Crippen LogP contribution in [0.25, 0.3) is 0 Å².